The number of pyridine rings is 1. The van der Waals surface area contributed by atoms with E-state index in [1.165, 1.54) is 0 Å². The molecule has 134 valence electrons. The largest absolute Gasteiger partial charge is 0.348 e. The number of imidazole rings is 1. The molecule has 4 aromatic rings. The fourth-order valence-corrected chi connectivity index (χ4v) is 2.80. The van der Waals surface area contributed by atoms with E-state index in [1.807, 2.05) is 41.2 Å². The predicted octanol–water partition coefficient (Wildman–Crippen LogP) is 2.44. The average Bonchev–Trinajstić information content (AvgIpc) is 3.41. The van der Waals surface area contributed by atoms with Gasteiger partial charge in [0.1, 0.15) is 12.1 Å². The zero-order valence-electron chi connectivity index (χ0n) is 14.6. The highest BCUT2D eigenvalue weighted by Gasteiger charge is 2.09. The molecule has 27 heavy (non-hydrogen) atoms. The highest BCUT2D eigenvalue weighted by atomic mass is 16.1. The van der Waals surface area contributed by atoms with E-state index in [-0.39, 0.29) is 5.91 Å². The molecule has 0 aliphatic carbocycles. The van der Waals surface area contributed by atoms with Gasteiger partial charge >= 0.3 is 0 Å². The van der Waals surface area contributed by atoms with Gasteiger partial charge in [0.25, 0.3) is 5.91 Å². The van der Waals surface area contributed by atoms with Crippen molar-refractivity contribution in [2.75, 3.05) is 0 Å². The number of nitrogens with one attached hydrogen (secondary N) is 1. The van der Waals surface area contributed by atoms with Crippen molar-refractivity contribution in [3.8, 4) is 5.82 Å². The smallest absolute Gasteiger partial charge is 0.253 e. The SMILES string of the molecule is O=C(NCc1ccccc1Cn1cccn1)c1ccc(-n2ccnc2)nc1. The van der Waals surface area contributed by atoms with Crippen LogP contribution in [0.4, 0.5) is 0 Å². The maximum Gasteiger partial charge on any atom is 0.253 e. The van der Waals surface area contributed by atoms with E-state index in [4.69, 9.17) is 0 Å². The maximum atomic E-state index is 12.5. The summed E-state index contributed by atoms with van der Waals surface area (Å²) in [6.45, 7) is 1.11. The predicted molar refractivity (Wildman–Crippen MR) is 100 cm³/mol. The number of hydrogen-bond acceptors (Lipinski definition) is 4. The molecular formula is C20H18N6O. The van der Waals surface area contributed by atoms with Crippen molar-refractivity contribution in [2.45, 2.75) is 13.1 Å². The molecule has 0 radical (unpaired) electrons. The number of hydrogen-bond donors (Lipinski definition) is 1. The van der Waals surface area contributed by atoms with E-state index in [1.54, 1.807) is 47.8 Å². The van der Waals surface area contributed by atoms with Gasteiger partial charge in [-0.2, -0.15) is 5.10 Å². The van der Waals surface area contributed by atoms with E-state index in [2.05, 4.69) is 20.4 Å². The molecule has 0 aliphatic heterocycles. The summed E-state index contributed by atoms with van der Waals surface area (Å²) in [5.41, 5.74) is 2.70. The maximum absolute atomic E-state index is 12.5. The Morgan fingerprint density at radius 1 is 1.00 bits per heavy atom. The van der Waals surface area contributed by atoms with Gasteiger partial charge in [0.2, 0.25) is 0 Å². The summed E-state index contributed by atoms with van der Waals surface area (Å²) in [5.74, 6) is 0.558. The standard InChI is InChI=1S/C20H18N6O/c27-20(17-6-7-19(22-13-17)25-11-9-21-15-25)23-12-16-4-1-2-5-18(16)14-26-10-3-8-24-26/h1-11,13,15H,12,14H2,(H,23,27). The second-order valence-electron chi connectivity index (χ2n) is 6.03. The number of aromatic nitrogens is 5. The van der Waals surface area contributed by atoms with E-state index >= 15 is 0 Å². The van der Waals surface area contributed by atoms with Crippen molar-refractivity contribution < 1.29 is 4.79 Å². The van der Waals surface area contributed by atoms with Crippen LogP contribution >= 0.6 is 0 Å². The van der Waals surface area contributed by atoms with Crippen LogP contribution in [0.1, 0.15) is 21.5 Å². The molecule has 0 unspecified atom stereocenters. The minimum atomic E-state index is -0.159. The van der Waals surface area contributed by atoms with Gasteiger partial charge in [0.05, 0.1) is 12.1 Å². The van der Waals surface area contributed by atoms with Crippen molar-refractivity contribution in [3.05, 3.63) is 96.5 Å². The zero-order chi connectivity index (χ0) is 18.5. The monoisotopic (exact) mass is 358 g/mol. The molecule has 3 heterocycles. The summed E-state index contributed by atoms with van der Waals surface area (Å²) < 4.78 is 3.65. The van der Waals surface area contributed by atoms with Crippen LogP contribution < -0.4 is 5.32 Å². The van der Waals surface area contributed by atoms with Crippen LogP contribution in [0.3, 0.4) is 0 Å². The van der Waals surface area contributed by atoms with Gasteiger partial charge in [-0.05, 0) is 29.3 Å². The Morgan fingerprint density at radius 2 is 1.89 bits per heavy atom. The molecule has 7 heteroatoms. The summed E-state index contributed by atoms with van der Waals surface area (Å²) in [6.07, 6.45) is 10.4. The summed E-state index contributed by atoms with van der Waals surface area (Å²) in [5, 5.41) is 7.20. The molecule has 3 aromatic heterocycles. The minimum absolute atomic E-state index is 0.159. The second-order valence-corrected chi connectivity index (χ2v) is 6.03. The Hall–Kier alpha value is -3.74. The van der Waals surface area contributed by atoms with Crippen molar-refractivity contribution in [3.63, 3.8) is 0 Å². The second kappa shape index (κ2) is 7.65. The van der Waals surface area contributed by atoms with E-state index < -0.39 is 0 Å². The van der Waals surface area contributed by atoms with E-state index in [9.17, 15) is 4.79 Å². The summed E-state index contributed by atoms with van der Waals surface area (Å²) in [6, 6.07) is 13.5. The number of rotatable bonds is 6. The number of nitrogens with zero attached hydrogens (tertiary/aromatic N) is 5. The molecule has 0 aliphatic rings. The lowest BCUT2D eigenvalue weighted by Gasteiger charge is -2.11. The number of carbonyl (C=O) groups is 1. The van der Waals surface area contributed by atoms with Crippen LogP contribution in [0.25, 0.3) is 5.82 Å². The molecule has 0 saturated heterocycles. The molecule has 4 rings (SSSR count). The molecule has 0 spiro atoms. The Balaban J connectivity index is 1.42. The first-order valence-electron chi connectivity index (χ1n) is 8.56. The van der Waals surface area contributed by atoms with Gasteiger partial charge in [-0.15, -0.1) is 0 Å². The summed E-state index contributed by atoms with van der Waals surface area (Å²) in [7, 11) is 0. The normalized spacial score (nSPS) is 10.7. The van der Waals surface area contributed by atoms with E-state index in [0.717, 1.165) is 11.1 Å². The summed E-state index contributed by atoms with van der Waals surface area (Å²) in [4.78, 5) is 20.8. The number of benzene rings is 1. The minimum Gasteiger partial charge on any atom is -0.348 e. The first-order valence-corrected chi connectivity index (χ1v) is 8.56. The Bertz CT molecular complexity index is 1010. The fourth-order valence-electron chi connectivity index (χ4n) is 2.80. The Kier molecular flexibility index (Phi) is 4.74. The van der Waals surface area contributed by atoms with Crippen LogP contribution in [0.2, 0.25) is 0 Å². The topological polar surface area (TPSA) is 77.6 Å². The van der Waals surface area contributed by atoms with Crippen LogP contribution in [0.15, 0.2) is 79.8 Å². The molecule has 0 atom stereocenters. The molecule has 7 nitrogen and oxygen atoms in total. The van der Waals surface area contributed by atoms with Gasteiger partial charge in [-0.3, -0.25) is 14.0 Å². The van der Waals surface area contributed by atoms with Gasteiger partial charge < -0.3 is 5.32 Å². The number of amides is 1. The average molecular weight is 358 g/mol. The van der Waals surface area contributed by atoms with Gasteiger partial charge in [-0.25, -0.2) is 9.97 Å². The van der Waals surface area contributed by atoms with Crippen molar-refractivity contribution in [1.82, 2.24) is 29.6 Å². The first kappa shape index (κ1) is 16.7. The zero-order valence-corrected chi connectivity index (χ0v) is 14.6. The molecule has 0 saturated carbocycles. The third kappa shape index (κ3) is 3.92. The lowest BCUT2D eigenvalue weighted by molar-refractivity contribution is 0.0950. The molecule has 1 amide bonds. The third-order valence-electron chi connectivity index (χ3n) is 4.23. The van der Waals surface area contributed by atoms with Gasteiger partial charge in [0, 0.05) is 37.5 Å². The molecule has 0 bridgehead atoms. The first-order chi connectivity index (χ1) is 13.3. The quantitative estimate of drug-likeness (QED) is 0.574. The van der Waals surface area contributed by atoms with Crippen LogP contribution in [0, 0.1) is 0 Å². The number of carbonyl (C=O) groups excluding carboxylic acids is 1. The highest BCUT2D eigenvalue weighted by Crippen LogP contribution is 2.11. The van der Waals surface area contributed by atoms with Crippen LogP contribution in [-0.4, -0.2) is 30.2 Å². The van der Waals surface area contributed by atoms with E-state index in [0.29, 0.717) is 24.5 Å². The third-order valence-corrected chi connectivity index (χ3v) is 4.23. The fraction of sp³-hybridized carbons (Fsp3) is 0.100. The molecule has 0 fully saturated rings. The van der Waals surface area contributed by atoms with Crippen molar-refractivity contribution in [2.24, 2.45) is 0 Å². The van der Waals surface area contributed by atoms with Crippen molar-refractivity contribution in [1.29, 1.82) is 0 Å². The Labute approximate surface area is 156 Å². The Morgan fingerprint density at radius 3 is 2.59 bits per heavy atom. The van der Waals surface area contributed by atoms with Gasteiger partial charge in [0.15, 0.2) is 0 Å². The lowest BCUT2D eigenvalue weighted by Crippen LogP contribution is -2.24. The summed E-state index contributed by atoms with van der Waals surface area (Å²) >= 11 is 0. The van der Waals surface area contributed by atoms with Gasteiger partial charge in [-0.1, -0.05) is 24.3 Å². The van der Waals surface area contributed by atoms with Crippen molar-refractivity contribution >= 4 is 5.91 Å². The molecule has 1 aromatic carbocycles. The molecular weight excluding hydrogens is 340 g/mol. The van der Waals surface area contributed by atoms with Crippen LogP contribution in [-0.2, 0) is 13.1 Å². The van der Waals surface area contributed by atoms with Crippen LogP contribution in [0.5, 0.6) is 0 Å². The highest BCUT2D eigenvalue weighted by molar-refractivity contribution is 5.93. The molecule has 1 N–H and O–H groups in total. The lowest BCUT2D eigenvalue weighted by atomic mass is 10.1.